The van der Waals surface area contributed by atoms with Crippen molar-refractivity contribution in [2.75, 3.05) is 33.0 Å². The Morgan fingerprint density at radius 2 is 0.763 bits per heavy atom. The van der Waals surface area contributed by atoms with E-state index in [0.717, 1.165) is 32.1 Å². The van der Waals surface area contributed by atoms with Crippen molar-refractivity contribution < 1.29 is 43.0 Å². The SMILES string of the molecule is CCCCCCCCCCCCCCCCCCCCCCOCC(COP(=O)(O)OCC(O)CO)OC(=O)CCCCCCCCCCCCCCCCCCCC. The molecule has 3 atom stereocenters. The summed E-state index contributed by atoms with van der Waals surface area (Å²) >= 11 is 0. The van der Waals surface area contributed by atoms with Crippen molar-refractivity contribution in [2.45, 2.75) is 276 Å². The van der Waals surface area contributed by atoms with Crippen molar-refractivity contribution in [1.82, 2.24) is 0 Å². The zero-order chi connectivity index (χ0) is 43.2. The smallest absolute Gasteiger partial charge is 0.457 e. The van der Waals surface area contributed by atoms with Gasteiger partial charge in [0.05, 0.1) is 26.4 Å². The highest BCUT2D eigenvalue weighted by atomic mass is 31.2. The molecule has 0 spiro atoms. The van der Waals surface area contributed by atoms with E-state index in [1.807, 2.05) is 0 Å². The molecule has 10 heteroatoms. The molecule has 9 nitrogen and oxygen atoms in total. The van der Waals surface area contributed by atoms with Crippen molar-refractivity contribution in [1.29, 1.82) is 0 Å². The van der Waals surface area contributed by atoms with Crippen LogP contribution in [0.25, 0.3) is 0 Å². The van der Waals surface area contributed by atoms with Gasteiger partial charge in [0.25, 0.3) is 0 Å². The van der Waals surface area contributed by atoms with Crippen molar-refractivity contribution in [3.63, 3.8) is 0 Å². The number of aliphatic hydroxyl groups excluding tert-OH is 2. The average molecular weight is 863 g/mol. The summed E-state index contributed by atoms with van der Waals surface area (Å²) < 4.78 is 33.5. The molecule has 0 bridgehead atoms. The van der Waals surface area contributed by atoms with Crippen LogP contribution in [-0.2, 0) is 27.9 Å². The Bertz CT molecular complexity index is 892. The largest absolute Gasteiger partial charge is 0.472 e. The summed E-state index contributed by atoms with van der Waals surface area (Å²) in [4.78, 5) is 22.7. The van der Waals surface area contributed by atoms with E-state index < -0.39 is 33.2 Å². The maximum Gasteiger partial charge on any atom is 0.472 e. The van der Waals surface area contributed by atoms with Crippen molar-refractivity contribution >= 4 is 13.8 Å². The Kier molecular flexibility index (Phi) is 46.5. The molecular formula is C49H99O9P. The maximum absolute atomic E-state index is 12.7. The second-order valence-corrected chi connectivity index (χ2v) is 19.0. The molecule has 0 radical (unpaired) electrons. The standard InChI is InChI=1S/C49H99O9P/c1-3-5-7-9-11-13-15-17-19-21-23-24-26-28-30-32-34-36-38-40-42-55-45-48(46-57-59(53,54)56-44-47(51)43-50)58-49(52)41-39-37-35-33-31-29-27-25-22-20-18-16-14-12-10-8-6-4-2/h47-48,50-51H,3-46H2,1-2H3,(H,53,54). The van der Waals surface area contributed by atoms with Gasteiger partial charge in [-0.25, -0.2) is 4.57 Å². The topological polar surface area (TPSA) is 132 Å². The molecule has 59 heavy (non-hydrogen) atoms. The number of ether oxygens (including phenoxy) is 2. The van der Waals surface area contributed by atoms with Crippen LogP contribution < -0.4 is 0 Å². The highest BCUT2D eigenvalue weighted by Crippen LogP contribution is 2.43. The molecule has 354 valence electrons. The molecular weight excluding hydrogens is 764 g/mol. The van der Waals surface area contributed by atoms with Crippen LogP contribution in [-0.4, -0.2) is 66.3 Å². The van der Waals surface area contributed by atoms with Gasteiger partial charge in [0.15, 0.2) is 0 Å². The zero-order valence-electron chi connectivity index (χ0n) is 39.0. The molecule has 3 unspecified atom stereocenters. The number of unbranched alkanes of at least 4 members (excludes halogenated alkanes) is 36. The van der Waals surface area contributed by atoms with Crippen LogP contribution in [0.5, 0.6) is 0 Å². The van der Waals surface area contributed by atoms with Gasteiger partial charge < -0.3 is 24.6 Å². The lowest BCUT2D eigenvalue weighted by atomic mass is 10.0. The molecule has 0 aromatic heterocycles. The van der Waals surface area contributed by atoms with E-state index in [2.05, 4.69) is 13.8 Å². The van der Waals surface area contributed by atoms with Crippen LogP contribution in [0.2, 0.25) is 0 Å². The van der Waals surface area contributed by atoms with Gasteiger partial charge in [-0.15, -0.1) is 0 Å². The molecule has 0 amide bonds. The Morgan fingerprint density at radius 3 is 1.10 bits per heavy atom. The molecule has 0 rings (SSSR count). The summed E-state index contributed by atoms with van der Waals surface area (Å²) in [6, 6.07) is 0. The highest BCUT2D eigenvalue weighted by Gasteiger charge is 2.26. The van der Waals surface area contributed by atoms with Crippen LogP contribution in [0, 0.1) is 0 Å². The van der Waals surface area contributed by atoms with Crippen LogP contribution in [0.1, 0.15) is 264 Å². The third-order valence-corrected chi connectivity index (χ3v) is 12.5. The first-order valence-electron chi connectivity index (χ1n) is 25.5. The number of rotatable bonds is 50. The fourth-order valence-corrected chi connectivity index (χ4v) is 8.44. The van der Waals surface area contributed by atoms with Gasteiger partial charge in [-0.2, -0.15) is 0 Å². The van der Waals surface area contributed by atoms with Gasteiger partial charge in [0.1, 0.15) is 12.2 Å². The first-order valence-corrected chi connectivity index (χ1v) is 27.0. The Labute approximate surface area is 365 Å². The lowest BCUT2D eigenvalue weighted by Gasteiger charge is -2.20. The number of carbonyl (C=O) groups is 1. The lowest BCUT2D eigenvalue weighted by molar-refractivity contribution is -0.154. The number of esters is 1. The van der Waals surface area contributed by atoms with Crippen LogP contribution in [0.4, 0.5) is 0 Å². The molecule has 0 aliphatic heterocycles. The van der Waals surface area contributed by atoms with E-state index in [4.69, 9.17) is 23.6 Å². The van der Waals surface area contributed by atoms with Gasteiger partial charge in [-0.3, -0.25) is 13.8 Å². The minimum absolute atomic E-state index is 0.0588. The predicted molar refractivity (Wildman–Crippen MR) is 247 cm³/mol. The van der Waals surface area contributed by atoms with Crippen LogP contribution in [0.3, 0.4) is 0 Å². The first kappa shape index (κ1) is 58.5. The number of hydrogen-bond acceptors (Lipinski definition) is 8. The van der Waals surface area contributed by atoms with Crippen molar-refractivity contribution in [2.24, 2.45) is 0 Å². The fraction of sp³-hybridized carbons (Fsp3) is 0.980. The summed E-state index contributed by atoms with van der Waals surface area (Å²) in [5.41, 5.74) is 0. The third kappa shape index (κ3) is 46.8. The molecule has 0 aromatic carbocycles. The molecule has 0 aliphatic rings. The molecule has 0 fully saturated rings. The van der Waals surface area contributed by atoms with E-state index >= 15 is 0 Å². The average Bonchev–Trinajstić information content (AvgIpc) is 3.23. The molecule has 0 aliphatic carbocycles. The van der Waals surface area contributed by atoms with Crippen molar-refractivity contribution in [3.8, 4) is 0 Å². The molecule has 0 saturated carbocycles. The quantitative estimate of drug-likeness (QED) is 0.0311. The van der Waals surface area contributed by atoms with Crippen LogP contribution in [0.15, 0.2) is 0 Å². The van der Waals surface area contributed by atoms with Gasteiger partial charge in [0.2, 0.25) is 0 Å². The fourth-order valence-electron chi connectivity index (χ4n) is 7.65. The normalized spacial score (nSPS) is 13.8. The summed E-state index contributed by atoms with van der Waals surface area (Å²) in [6.07, 6.45) is 47.8. The summed E-state index contributed by atoms with van der Waals surface area (Å²) in [6.45, 7) is 3.60. The Morgan fingerprint density at radius 1 is 0.458 bits per heavy atom. The molecule has 0 heterocycles. The number of aliphatic hydroxyl groups is 2. The van der Waals surface area contributed by atoms with Crippen molar-refractivity contribution in [3.05, 3.63) is 0 Å². The van der Waals surface area contributed by atoms with E-state index in [-0.39, 0.29) is 25.6 Å². The third-order valence-electron chi connectivity index (χ3n) is 11.5. The van der Waals surface area contributed by atoms with E-state index in [9.17, 15) is 19.4 Å². The number of phosphoric acid groups is 1. The molecule has 3 N–H and O–H groups in total. The van der Waals surface area contributed by atoms with Gasteiger partial charge in [-0.05, 0) is 12.8 Å². The summed E-state index contributed by atoms with van der Waals surface area (Å²) in [7, 11) is -4.51. The molecule has 0 aromatic rings. The summed E-state index contributed by atoms with van der Waals surface area (Å²) in [5, 5.41) is 18.4. The lowest BCUT2D eigenvalue weighted by Crippen LogP contribution is -2.29. The second-order valence-electron chi connectivity index (χ2n) is 17.6. The number of carbonyl (C=O) groups excluding carboxylic acids is 1. The highest BCUT2D eigenvalue weighted by molar-refractivity contribution is 7.47. The summed E-state index contributed by atoms with van der Waals surface area (Å²) in [5.74, 6) is -0.373. The zero-order valence-corrected chi connectivity index (χ0v) is 39.9. The van der Waals surface area contributed by atoms with Gasteiger partial charge >= 0.3 is 13.8 Å². The monoisotopic (exact) mass is 863 g/mol. The van der Waals surface area contributed by atoms with Gasteiger partial charge in [0, 0.05) is 13.0 Å². The van der Waals surface area contributed by atoms with Gasteiger partial charge in [-0.1, -0.05) is 245 Å². The van der Waals surface area contributed by atoms with E-state index in [1.54, 1.807) is 0 Å². The van der Waals surface area contributed by atoms with E-state index in [0.29, 0.717) is 6.61 Å². The van der Waals surface area contributed by atoms with E-state index in [1.165, 1.54) is 212 Å². The molecule has 0 saturated heterocycles. The first-order chi connectivity index (χ1) is 28.8. The Balaban J connectivity index is 4.02. The number of phosphoric ester groups is 1. The predicted octanol–water partition coefficient (Wildman–Crippen LogP) is 14.7. The minimum Gasteiger partial charge on any atom is -0.457 e. The minimum atomic E-state index is -4.51. The maximum atomic E-state index is 12.7. The number of hydrogen-bond donors (Lipinski definition) is 3. The Hall–Kier alpha value is -0.540. The van der Waals surface area contributed by atoms with Crippen LogP contribution >= 0.6 is 7.82 Å². The second kappa shape index (κ2) is 47.0.